The van der Waals surface area contributed by atoms with Gasteiger partial charge in [0, 0.05) is 12.8 Å². The van der Waals surface area contributed by atoms with Crippen LogP contribution in [0.4, 0.5) is 0 Å². The summed E-state index contributed by atoms with van der Waals surface area (Å²) in [6.07, 6.45) is 5.24. The Morgan fingerprint density at radius 1 is 1.00 bits per heavy atom. The minimum absolute atomic E-state index is 0.464. The normalized spacial score (nSPS) is 14.7. The van der Waals surface area contributed by atoms with Gasteiger partial charge in [-0.3, -0.25) is 4.79 Å². The van der Waals surface area contributed by atoms with Gasteiger partial charge in [-0.05, 0) is 25.0 Å². The smallest absolute Gasteiger partial charge is 0.132 e. The summed E-state index contributed by atoms with van der Waals surface area (Å²) in [5, 5.41) is 8.29. The summed E-state index contributed by atoms with van der Waals surface area (Å²) in [6.45, 7) is 0. The first-order valence-corrected chi connectivity index (χ1v) is 5.30. The minimum atomic E-state index is 0.464. The summed E-state index contributed by atoms with van der Waals surface area (Å²) in [6, 6.07) is 11.2. The molecule has 1 aromatic carbocycles. The van der Waals surface area contributed by atoms with Crippen LogP contribution in [0.1, 0.15) is 37.7 Å². The lowest BCUT2D eigenvalue weighted by molar-refractivity contribution is -0.120. The fraction of sp³-hybridized carbons (Fsp3) is 0.385. The number of benzene rings is 1. The number of carbonyl (C=O) groups is 1. The predicted molar refractivity (Wildman–Crippen MR) is 59.2 cm³/mol. The summed E-state index contributed by atoms with van der Waals surface area (Å²) in [5.74, 6) is 0.464. The van der Waals surface area contributed by atoms with Gasteiger partial charge in [0.1, 0.15) is 5.78 Å². The highest BCUT2D eigenvalue weighted by Gasteiger charge is 2.05. The van der Waals surface area contributed by atoms with E-state index in [2.05, 4.69) is 0 Å². The van der Waals surface area contributed by atoms with Crippen molar-refractivity contribution in [3.8, 4) is 6.07 Å². The van der Waals surface area contributed by atoms with Gasteiger partial charge < -0.3 is 0 Å². The molecule has 15 heavy (non-hydrogen) atoms. The Hall–Kier alpha value is -1.62. The molecule has 0 saturated heterocycles. The van der Waals surface area contributed by atoms with E-state index >= 15 is 0 Å². The van der Waals surface area contributed by atoms with Crippen molar-refractivity contribution in [2.24, 2.45) is 0 Å². The highest BCUT2D eigenvalue weighted by Crippen LogP contribution is 2.12. The highest BCUT2D eigenvalue weighted by molar-refractivity contribution is 5.78. The molecule has 1 aromatic rings. The molecular formula is C13H15NO. The molecule has 2 heteroatoms. The third kappa shape index (κ3) is 4.97. The fourth-order valence-electron chi connectivity index (χ4n) is 1.46. The van der Waals surface area contributed by atoms with Gasteiger partial charge in [-0.25, -0.2) is 0 Å². The minimum Gasteiger partial charge on any atom is -0.300 e. The number of Topliss-reactive ketones (excluding diaryl/α,β-unsaturated/α-hetero) is 1. The zero-order valence-corrected chi connectivity index (χ0v) is 8.78. The van der Waals surface area contributed by atoms with Crippen LogP contribution in [0.15, 0.2) is 30.3 Å². The lowest BCUT2D eigenvalue weighted by atomic mass is 10.00. The molecule has 0 heterocycles. The lowest BCUT2D eigenvalue weighted by Crippen LogP contribution is -2.02. The van der Waals surface area contributed by atoms with Gasteiger partial charge in [-0.1, -0.05) is 24.6 Å². The summed E-state index contributed by atoms with van der Waals surface area (Å²) < 4.78 is 0. The largest absolute Gasteiger partial charge is 0.300 e. The van der Waals surface area contributed by atoms with Crippen LogP contribution in [0.3, 0.4) is 0 Å². The molecule has 1 aliphatic rings. The van der Waals surface area contributed by atoms with Crippen LogP contribution in [0, 0.1) is 11.3 Å². The summed E-state index contributed by atoms with van der Waals surface area (Å²) in [7, 11) is 0. The molecule has 78 valence electrons. The van der Waals surface area contributed by atoms with Gasteiger partial charge in [-0.15, -0.1) is 0 Å². The molecule has 1 fully saturated rings. The van der Waals surface area contributed by atoms with Crippen LogP contribution in [-0.4, -0.2) is 5.78 Å². The molecule has 1 aliphatic carbocycles. The second-order valence-corrected chi connectivity index (χ2v) is 3.58. The summed E-state index contributed by atoms with van der Waals surface area (Å²) in [5.41, 5.74) is 0.715. The van der Waals surface area contributed by atoms with E-state index in [1.807, 2.05) is 24.3 Å². The average molecular weight is 201 g/mol. The van der Waals surface area contributed by atoms with E-state index in [0.29, 0.717) is 11.3 Å². The van der Waals surface area contributed by atoms with E-state index in [4.69, 9.17) is 5.26 Å². The molecule has 0 radical (unpaired) electrons. The maximum atomic E-state index is 10.5. The molecule has 2 rings (SSSR count). The Balaban J connectivity index is 0.000000151. The highest BCUT2D eigenvalue weighted by atomic mass is 16.1. The number of nitrogens with zero attached hydrogens (tertiary/aromatic N) is 1. The SMILES string of the molecule is N#Cc1ccccc1.O=C1CCCCC1. The quantitative estimate of drug-likeness (QED) is 0.647. The number of nitriles is 1. The van der Waals surface area contributed by atoms with Crippen molar-refractivity contribution in [1.29, 1.82) is 5.26 Å². The first-order valence-electron chi connectivity index (χ1n) is 5.30. The van der Waals surface area contributed by atoms with Crippen molar-refractivity contribution in [3.63, 3.8) is 0 Å². The number of ketones is 1. The maximum absolute atomic E-state index is 10.5. The first-order chi connectivity index (χ1) is 7.33. The summed E-state index contributed by atoms with van der Waals surface area (Å²) in [4.78, 5) is 10.5. The van der Waals surface area contributed by atoms with Crippen LogP contribution in [0.5, 0.6) is 0 Å². The Morgan fingerprint density at radius 2 is 1.60 bits per heavy atom. The van der Waals surface area contributed by atoms with E-state index in [-0.39, 0.29) is 0 Å². The van der Waals surface area contributed by atoms with Gasteiger partial charge >= 0.3 is 0 Å². The van der Waals surface area contributed by atoms with Crippen LogP contribution < -0.4 is 0 Å². The molecule has 0 amide bonds. The average Bonchev–Trinajstić information content (AvgIpc) is 2.32. The molecule has 0 aliphatic heterocycles. The molecule has 0 bridgehead atoms. The standard InChI is InChI=1S/C7H5N.C6H10O/c8-6-7-4-2-1-3-5-7;7-6-4-2-1-3-5-6/h1-5H;1-5H2. The van der Waals surface area contributed by atoms with Crippen molar-refractivity contribution in [2.75, 3.05) is 0 Å². The van der Waals surface area contributed by atoms with Gasteiger partial charge in [-0.2, -0.15) is 5.26 Å². The van der Waals surface area contributed by atoms with E-state index < -0.39 is 0 Å². The zero-order valence-electron chi connectivity index (χ0n) is 8.78. The second kappa shape index (κ2) is 6.78. The molecule has 2 nitrogen and oxygen atoms in total. The number of carbonyl (C=O) groups excluding carboxylic acids is 1. The van der Waals surface area contributed by atoms with E-state index in [9.17, 15) is 4.79 Å². The van der Waals surface area contributed by atoms with Crippen LogP contribution in [0.25, 0.3) is 0 Å². The molecule has 0 unspecified atom stereocenters. The third-order valence-electron chi connectivity index (χ3n) is 2.31. The predicted octanol–water partition coefficient (Wildman–Crippen LogP) is 3.08. The van der Waals surface area contributed by atoms with Gasteiger partial charge in [0.05, 0.1) is 11.6 Å². The monoisotopic (exact) mass is 201 g/mol. The topological polar surface area (TPSA) is 40.9 Å². The zero-order chi connectivity index (χ0) is 10.9. The van der Waals surface area contributed by atoms with Gasteiger partial charge in [0.25, 0.3) is 0 Å². The number of hydrogen-bond donors (Lipinski definition) is 0. The van der Waals surface area contributed by atoms with Crippen molar-refractivity contribution >= 4 is 5.78 Å². The Morgan fingerprint density at radius 3 is 1.93 bits per heavy atom. The lowest BCUT2D eigenvalue weighted by Gasteiger charge is -2.05. The summed E-state index contributed by atoms with van der Waals surface area (Å²) >= 11 is 0. The molecule has 1 saturated carbocycles. The fourth-order valence-corrected chi connectivity index (χ4v) is 1.46. The van der Waals surface area contributed by atoms with Crippen LogP contribution >= 0.6 is 0 Å². The van der Waals surface area contributed by atoms with E-state index in [1.165, 1.54) is 6.42 Å². The van der Waals surface area contributed by atoms with Crippen LogP contribution in [0.2, 0.25) is 0 Å². The van der Waals surface area contributed by atoms with E-state index in [0.717, 1.165) is 25.7 Å². The van der Waals surface area contributed by atoms with Crippen molar-refractivity contribution < 1.29 is 4.79 Å². The van der Waals surface area contributed by atoms with Crippen molar-refractivity contribution in [1.82, 2.24) is 0 Å². The second-order valence-electron chi connectivity index (χ2n) is 3.58. The molecule has 0 aromatic heterocycles. The third-order valence-corrected chi connectivity index (χ3v) is 2.31. The van der Waals surface area contributed by atoms with Crippen LogP contribution in [-0.2, 0) is 4.79 Å². The molecule has 0 N–H and O–H groups in total. The Bertz CT molecular complexity index is 329. The van der Waals surface area contributed by atoms with Gasteiger partial charge in [0.15, 0.2) is 0 Å². The van der Waals surface area contributed by atoms with E-state index in [1.54, 1.807) is 12.1 Å². The first kappa shape index (κ1) is 11.5. The van der Waals surface area contributed by atoms with Crippen molar-refractivity contribution in [2.45, 2.75) is 32.1 Å². The van der Waals surface area contributed by atoms with Crippen molar-refractivity contribution in [3.05, 3.63) is 35.9 Å². The number of rotatable bonds is 0. The molecule has 0 atom stereocenters. The molecular weight excluding hydrogens is 186 g/mol. The number of hydrogen-bond acceptors (Lipinski definition) is 2. The maximum Gasteiger partial charge on any atom is 0.132 e. The molecule has 0 spiro atoms. The Kier molecular flexibility index (Phi) is 5.18. The Labute approximate surface area is 90.5 Å². The van der Waals surface area contributed by atoms with Gasteiger partial charge in [0.2, 0.25) is 0 Å².